The van der Waals surface area contributed by atoms with Gasteiger partial charge < -0.3 is 14.7 Å². The number of rotatable bonds is 3. The van der Waals surface area contributed by atoms with Gasteiger partial charge in [-0.3, -0.25) is 10.1 Å². The minimum atomic E-state index is -0.509. The summed E-state index contributed by atoms with van der Waals surface area (Å²) in [6.45, 7) is 4.26. The van der Waals surface area contributed by atoms with Gasteiger partial charge in [-0.15, -0.1) is 0 Å². The van der Waals surface area contributed by atoms with Crippen molar-refractivity contribution >= 4 is 17.4 Å². The maximum Gasteiger partial charge on any atom is 0.322 e. The molecular formula is C16H18N4O4. The van der Waals surface area contributed by atoms with Crippen LogP contribution in [0, 0.1) is 24.0 Å². The Kier molecular flexibility index (Phi) is 4.20. The third-order valence-corrected chi connectivity index (χ3v) is 4.28. The van der Waals surface area contributed by atoms with E-state index in [-0.39, 0.29) is 23.4 Å². The molecule has 24 heavy (non-hydrogen) atoms. The molecule has 0 bridgehead atoms. The van der Waals surface area contributed by atoms with Gasteiger partial charge in [0.05, 0.1) is 16.7 Å². The molecule has 0 aliphatic carbocycles. The molecule has 1 aliphatic heterocycles. The summed E-state index contributed by atoms with van der Waals surface area (Å²) in [5.41, 5.74) is 1.75. The number of carbonyl (C=O) groups is 1. The zero-order valence-corrected chi connectivity index (χ0v) is 13.5. The molecule has 1 aliphatic rings. The number of benzene rings is 1. The molecule has 1 atom stereocenters. The lowest BCUT2D eigenvalue weighted by Gasteiger charge is -2.25. The molecule has 2 aromatic rings. The molecule has 2 amide bonds. The highest BCUT2D eigenvalue weighted by molar-refractivity contribution is 5.92. The molecule has 8 nitrogen and oxygen atoms in total. The average Bonchev–Trinajstić information content (AvgIpc) is 3.14. The quantitative estimate of drug-likeness (QED) is 0.684. The van der Waals surface area contributed by atoms with Crippen LogP contribution in [-0.2, 0) is 0 Å². The lowest BCUT2D eigenvalue weighted by Crippen LogP contribution is -2.35. The number of amides is 2. The van der Waals surface area contributed by atoms with Crippen molar-refractivity contribution in [2.24, 2.45) is 0 Å². The number of hydrogen-bond donors (Lipinski definition) is 1. The van der Waals surface area contributed by atoms with Gasteiger partial charge in [-0.1, -0.05) is 17.3 Å². The topological polar surface area (TPSA) is 102 Å². The molecule has 1 fully saturated rings. The number of nitro benzene ring substituents is 1. The first-order valence-electron chi connectivity index (χ1n) is 7.73. The number of urea groups is 1. The number of nitro groups is 1. The number of aromatic nitrogens is 1. The summed E-state index contributed by atoms with van der Waals surface area (Å²) >= 11 is 0. The van der Waals surface area contributed by atoms with Crippen LogP contribution in [0.1, 0.15) is 35.9 Å². The third kappa shape index (κ3) is 2.82. The standard InChI is InChI=1S/C16H18N4O4/c1-10-15(11(2)24-18-10)14-8-5-9-19(14)16(21)17-12-6-3-4-7-13(12)20(22)23/h3-4,6-7,14H,5,8-9H2,1-2H3,(H,17,21)/t14-/m1/s1. The lowest BCUT2D eigenvalue weighted by atomic mass is 10.0. The van der Waals surface area contributed by atoms with Crippen molar-refractivity contribution in [1.29, 1.82) is 0 Å². The summed E-state index contributed by atoms with van der Waals surface area (Å²) in [4.78, 5) is 24.9. The van der Waals surface area contributed by atoms with Crippen molar-refractivity contribution in [1.82, 2.24) is 10.1 Å². The number of para-hydroxylation sites is 2. The fourth-order valence-electron chi connectivity index (χ4n) is 3.20. The van der Waals surface area contributed by atoms with Crippen molar-refractivity contribution in [3.05, 3.63) is 51.4 Å². The van der Waals surface area contributed by atoms with E-state index >= 15 is 0 Å². The van der Waals surface area contributed by atoms with Crippen LogP contribution in [0.2, 0.25) is 0 Å². The van der Waals surface area contributed by atoms with E-state index in [9.17, 15) is 14.9 Å². The fraction of sp³-hybridized carbons (Fsp3) is 0.375. The normalized spacial score (nSPS) is 17.1. The van der Waals surface area contributed by atoms with Crippen LogP contribution >= 0.6 is 0 Å². The largest absolute Gasteiger partial charge is 0.361 e. The Balaban J connectivity index is 1.84. The van der Waals surface area contributed by atoms with Crippen LogP contribution in [0.15, 0.2) is 28.8 Å². The van der Waals surface area contributed by atoms with E-state index in [2.05, 4.69) is 10.5 Å². The van der Waals surface area contributed by atoms with Crippen molar-refractivity contribution in [2.75, 3.05) is 11.9 Å². The Morgan fingerprint density at radius 1 is 1.42 bits per heavy atom. The summed E-state index contributed by atoms with van der Waals surface area (Å²) in [5.74, 6) is 0.697. The predicted octanol–water partition coefficient (Wildman–Crippen LogP) is 3.57. The second kappa shape index (κ2) is 6.31. The van der Waals surface area contributed by atoms with Crippen LogP contribution in [-0.4, -0.2) is 27.6 Å². The molecule has 2 heterocycles. The van der Waals surface area contributed by atoms with Crippen LogP contribution in [0.3, 0.4) is 0 Å². The number of carbonyl (C=O) groups excluding carboxylic acids is 1. The zero-order chi connectivity index (χ0) is 17.3. The zero-order valence-electron chi connectivity index (χ0n) is 13.5. The Hall–Kier alpha value is -2.90. The molecule has 126 valence electrons. The van der Waals surface area contributed by atoms with Crippen molar-refractivity contribution in [2.45, 2.75) is 32.7 Å². The van der Waals surface area contributed by atoms with Crippen LogP contribution < -0.4 is 5.32 Å². The maximum absolute atomic E-state index is 12.7. The minimum Gasteiger partial charge on any atom is -0.361 e. The van der Waals surface area contributed by atoms with Gasteiger partial charge in [-0.25, -0.2) is 4.79 Å². The van der Waals surface area contributed by atoms with Crippen molar-refractivity contribution in [3.8, 4) is 0 Å². The maximum atomic E-state index is 12.7. The van der Waals surface area contributed by atoms with E-state index in [0.29, 0.717) is 12.3 Å². The molecule has 1 aromatic heterocycles. The van der Waals surface area contributed by atoms with Crippen molar-refractivity contribution < 1.29 is 14.2 Å². The average molecular weight is 330 g/mol. The second-order valence-electron chi connectivity index (χ2n) is 5.79. The lowest BCUT2D eigenvalue weighted by molar-refractivity contribution is -0.383. The molecule has 1 N–H and O–H groups in total. The van der Waals surface area contributed by atoms with Crippen LogP contribution in [0.25, 0.3) is 0 Å². The van der Waals surface area contributed by atoms with Gasteiger partial charge in [-0.05, 0) is 32.8 Å². The van der Waals surface area contributed by atoms with Gasteiger partial charge in [0.1, 0.15) is 11.4 Å². The summed E-state index contributed by atoms with van der Waals surface area (Å²) in [7, 11) is 0. The van der Waals surface area contributed by atoms with Gasteiger partial charge in [0.25, 0.3) is 5.69 Å². The van der Waals surface area contributed by atoms with E-state index < -0.39 is 4.92 Å². The Labute approximate surface area is 138 Å². The van der Waals surface area contributed by atoms with Gasteiger partial charge in [0.2, 0.25) is 0 Å². The number of aryl methyl sites for hydroxylation is 2. The first kappa shape index (κ1) is 16.0. The summed E-state index contributed by atoms with van der Waals surface area (Å²) in [5, 5.41) is 17.7. The molecular weight excluding hydrogens is 312 g/mol. The summed E-state index contributed by atoms with van der Waals surface area (Å²) in [6, 6.07) is 5.63. The molecule has 0 unspecified atom stereocenters. The molecule has 8 heteroatoms. The molecule has 0 spiro atoms. The monoisotopic (exact) mass is 330 g/mol. The predicted molar refractivity (Wildman–Crippen MR) is 86.8 cm³/mol. The van der Waals surface area contributed by atoms with E-state index in [1.807, 2.05) is 13.8 Å². The highest BCUT2D eigenvalue weighted by Crippen LogP contribution is 2.36. The molecule has 3 rings (SSSR count). The third-order valence-electron chi connectivity index (χ3n) is 4.28. The van der Waals surface area contributed by atoms with Gasteiger partial charge in [0.15, 0.2) is 0 Å². The summed E-state index contributed by atoms with van der Waals surface area (Å²) in [6.07, 6.45) is 1.67. The minimum absolute atomic E-state index is 0.126. The number of nitrogens with zero attached hydrogens (tertiary/aromatic N) is 3. The molecule has 1 aromatic carbocycles. The SMILES string of the molecule is Cc1noc(C)c1[C@H]1CCCN1C(=O)Nc1ccccc1[N+](=O)[O-]. The van der Waals surface area contributed by atoms with Gasteiger partial charge in [-0.2, -0.15) is 0 Å². The molecule has 1 saturated heterocycles. The van der Waals surface area contributed by atoms with Crippen molar-refractivity contribution in [3.63, 3.8) is 0 Å². The fourth-order valence-corrected chi connectivity index (χ4v) is 3.20. The molecule has 0 saturated carbocycles. The highest BCUT2D eigenvalue weighted by atomic mass is 16.6. The van der Waals surface area contributed by atoms with Crippen LogP contribution in [0.5, 0.6) is 0 Å². The second-order valence-corrected chi connectivity index (χ2v) is 5.79. The highest BCUT2D eigenvalue weighted by Gasteiger charge is 2.34. The smallest absolute Gasteiger partial charge is 0.322 e. The van der Waals surface area contributed by atoms with Gasteiger partial charge in [0, 0.05) is 18.2 Å². The first-order valence-corrected chi connectivity index (χ1v) is 7.73. The molecule has 0 radical (unpaired) electrons. The van der Waals surface area contributed by atoms with Gasteiger partial charge >= 0.3 is 6.03 Å². The summed E-state index contributed by atoms with van der Waals surface area (Å²) < 4.78 is 5.21. The van der Waals surface area contributed by atoms with E-state index in [0.717, 1.165) is 24.1 Å². The first-order chi connectivity index (χ1) is 11.5. The Morgan fingerprint density at radius 3 is 2.83 bits per heavy atom. The Morgan fingerprint density at radius 2 is 2.17 bits per heavy atom. The van der Waals surface area contributed by atoms with E-state index in [4.69, 9.17) is 4.52 Å². The van der Waals surface area contributed by atoms with Crippen LogP contribution in [0.4, 0.5) is 16.2 Å². The number of likely N-dealkylation sites (tertiary alicyclic amines) is 1. The Bertz CT molecular complexity index is 767. The van der Waals surface area contributed by atoms with E-state index in [1.165, 1.54) is 12.1 Å². The number of nitrogens with one attached hydrogen (secondary N) is 1. The number of hydrogen-bond acceptors (Lipinski definition) is 5. The van der Waals surface area contributed by atoms with E-state index in [1.54, 1.807) is 17.0 Å². The number of anilines is 1.